The van der Waals surface area contributed by atoms with Crippen LogP contribution in [0.15, 0.2) is 24.3 Å². The molecular formula is C21H25N5O2S. The van der Waals surface area contributed by atoms with Gasteiger partial charge in [0.25, 0.3) is 0 Å². The molecule has 2 amide bonds. The standard InChI is InChI=1S/C21H25N5O2S/c27-18-6-3-10-26(18)21-23-22-20(29-21)24-11-8-16(9-12-24)19(28)25-13-7-15-4-1-2-5-17(15)14-25/h1-2,4-5,16H,3,6-14H2. The van der Waals surface area contributed by atoms with Gasteiger partial charge in [-0.2, -0.15) is 0 Å². The molecule has 1 aromatic carbocycles. The van der Waals surface area contributed by atoms with Gasteiger partial charge in [-0.25, -0.2) is 0 Å². The van der Waals surface area contributed by atoms with Gasteiger partial charge in [-0.15, -0.1) is 10.2 Å². The van der Waals surface area contributed by atoms with E-state index in [0.717, 1.165) is 63.5 Å². The summed E-state index contributed by atoms with van der Waals surface area (Å²) in [5, 5.41) is 10.1. The van der Waals surface area contributed by atoms with Crippen molar-refractivity contribution in [3.63, 3.8) is 0 Å². The second-order valence-electron chi connectivity index (χ2n) is 8.06. The highest BCUT2D eigenvalue weighted by Crippen LogP contribution is 2.33. The van der Waals surface area contributed by atoms with Gasteiger partial charge in [0.15, 0.2) is 0 Å². The van der Waals surface area contributed by atoms with Crippen LogP contribution in [0.25, 0.3) is 0 Å². The SMILES string of the molecule is O=C(C1CCN(c2nnc(N3CCCC3=O)s2)CC1)N1CCc2ccccc2C1. The van der Waals surface area contributed by atoms with Gasteiger partial charge in [0, 0.05) is 45.1 Å². The summed E-state index contributed by atoms with van der Waals surface area (Å²) < 4.78 is 0. The second-order valence-corrected chi connectivity index (χ2v) is 8.99. The van der Waals surface area contributed by atoms with Crippen LogP contribution < -0.4 is 9.80 Å². The van der Waals surface area contributed by atoms with E-state index in [9.17, 15) is 9.59 Å². The third-order valence-corrected chi connectivity index (χ3v) is 7.27. The quantitative estimate of drug-likeness (QED) is 0.776. The van der Waals surface area contributed by atoms with Gasteiger partial charge in [-0.1, -0.05) is 35.6 Å². The van der Waals surface area contributed by atoms with E-state index in [1.807, 2.05) is 4.90 Å². The van der Waals surface area contributed by atoms with Gasteiger partial charge in [0.2, 0.25) is 22.1 Å². The molecule has 2 saturated heterocycles. The highest BCUT2D eigenvalue weighted by Gasteiger charge is 2.32. The van der Waals surface area contributed by atoms with E-state index in [1.54, 1.807) is 4.90 Å². The van der Waals surface area contributed by atoms with Crippen molar-refractivity contribution in [1.82, 2.24) is 15.1 Å². The predicted octanol–water partition coefficient (Wildman–Crippen LogP) is 2.47. The monoisotopic (exact) mass is 411 g/mol. The third kappa shape index (κ3) is 3.61. The number of benzene rings is 1. The molecular weight excluding hydrogens is 386 g/mol. The second kappa shape index (κ2) is 7.74. The fraction of sp³-hybridized carbons (Fsp3) is 0.524. The molecule has 0 atom stereocenters. The van der Waals surface area contributed by atoms with Crippen molar-refractivity contribution >= 4 is 33.4 Å². The van der Waals surface area contributed by atoms with E-state index in [-0.39, 0.29) is 11.8 Å². The molecule has 2 aromatic rings. The average Bonchev–Trinajstić information content (AvgIpc) is 3.42. The summed E-state index contributed by atoms with van der Waals surface area (Å²) in [5.74, 6) is 0.518. The molecule has 0 radical (unpaired) electrons. The lowest BCUT2D eigenvalue weighted by atomic mass is 9.93. The van der Waals surface area contributed by atoms with E-state index in [0.29, 0.717) is 17.5 Å². The fourth-order valence-electron chi connectivity index (χ4n) is 4.56. The molecule has 7 nitrogen and oxygen atoms in total. The molecule has 29 heavy (non-hydrogen) atoms. The lowest BCUT2D eigenvalue weighted by Gasteiger charge is -2.35. The Labute approximate surface area is 174 Å². The van der Waals surface area contributed by atoms with E-state index >= 15 is 0 Å². The molecule has 8 heteroatoms. The van der Waals surface area contributed by atoms with Crippen LogP contribution in [0.5, 0.6) is 0 Å². The largest absolute Gasteiger partial charge is 0.347 e. The summed E-state index contributed by atoms with van der Waals surface area (Å²) in [4.78, 5) is 31.0. The van der Waals surface area contributed by atoms with Crippen molar-refractivity contribution in [2.45, 2.75) is 38.6 Å². The highest BCUT2D eigenvalue weighted by atomic mass is 32.1. The van der Waals surface area contributed by atoms with Crippen LogP contribution in [0.2, 0.25) is 0 Å². The maximum atomic E-state index is 13.1. The first-order valence-electron chi connectivity index (χ1n) is 10.4. The van der Waals surface area contributed by atoms with Crippen LogP contribution in [0.1, 0.15) is 36.8 Å². The van der Waals surface area contributed by atoms with Gasteiger partial charge in [-0.3, -0.25) is 14.5 Å². The van der Waals surface area contributed by atoms with Gasteiger partial charge in [0.05, 0.1) is 0 Å². The van der Waals surface area contributed by atoms with Gasteiger partial charge in [-0.05, 0) is 36.8 Å². The van der Waals surface area contributed by atoms with Gasteiger partial charge in [0.1, 0.15) is 0 Å². The van der Waals surface area contributed by atoms with Crippen molar-refractivity contribution in [2.75, 3.05) is 36.0 Å². The van der Waals surface area contributed by atoms with Crippen LogP contribution in [0.4, 0.5) is 10.3 Å². The minimum atomic E-state index is 0.0871. The van der Waals surface area contributed by atoms with Crippen molar-refractivity contribution in [2.24, 2.45) is 5.92 Å². The Kier molecular flexibility index (Phi) is 4.95. The number of carbonyl (C=O) groups is 2. The number of amides is 2. The lowest BCUT2D eigenvalue weighted by Crippen LogP contribution is -2.44. The zero-order valence-electron chi connectivity index (χ0n) is 16.4. The average molecular weight is 412 g/mol. The number of hydrogen-bond acceptors (Lipinski definition) is 6. The number of anilines is 2. The molecule has 1 aromatic heterocycles. The summed E-state index contributed by atoms with van der Waals surface area (Å²) in [7, 11) is 0. The summed E-state index contributed by atoms with van der Waals surface area (Å²) >= 11 is 1.48. The van der Waals surface area contributed by atoms with Crippen molar-refractivity contribution < 1.29 is 9.59 Å². The highest BCUT2D eigenvalue weighted by molar-refractivity contribution is 7.19. The number of fused-ring (bicyclic) bond motifs is 1. The normalized spacial score (nSPS) is 20.3. The minimum absolute atomic E-state index is 0.0871. The maximum Gasteiger partial charge on any atom is 0.228 e. The van der Waals surface area contributed by atoms with Crippen molar-refractivity contribution in [3.05, 3.63) is 35.4 Å². The van der Waals surface area contributed by atoms with E-state index in [4.69, 9.17) is 0 Å². The number of carbonyl (C=O) groups excluding carboxylic acids is 2. The Bertz CT molecular complexity index is 921. The first kappa shape index (κ1) is 18.5. The summed E-state index contributed by atoms with van der Waals surface area (Å²) in [6, 6.07) is 8.43. The molecule has 152 valence electrons. The lowest BCUT2D eigenvalue weighted by molar-refractivity contribution is -0.137. The molecule has 0 bridgehead atoms. The van der Waals surface area contributed by atoms with E-state index in [2.05, 4.69) is 39.4 Å². The first-order chi connectivity index (χ1) is 14.2. The molecule has 2 fully saturated rings. The summed E-state index contributed by atoms with van der Waals surface area (Å²) in [5.41, 5.74) is 2.65. The van der Waals surface area contributed by atoms with E-state index < -0.39 is 0 Å². The summed E-state index contributed by atoms with van der Waals surface area (Å²) in [6.07, 6.45) is 4.12. The number of aromatic nitrogens is 2. The molecule has 0 N–H and O–H groups in total. The Morgan fingerprint density at radius 1 is 0.966 bits per heavy atom. The molecule has 0 aliphatic carbocycles. The van der Waals surface area contributed by atoms with Gasteiger partial charge < -0.3 is 9.80 Å². The molecule has 4 heterocycles. The van der Waals surface area contributed by atoms with Crippen LogP contribution in [0, 0.1) is 5.92 Å². The van der Waals surface area contributed by atoms with Crippen LogP contribution in [-0.4, -0.2) is 53.1 Å². The fourth-order valence-corrected chi connectivity index (χ4v) is 5.50. The molecule has 3 aliphatic rings. The number of piperidine rings is 1. The molecule has 3 aliphatic heterocycles. The van der Waals surface area contributed by atoms with Crippen LogP contribution in [-0.2, 0) is 22.6 Å². The Hall–Kier alpha value is -2.48. The molecule has 0 unspecified atom stereocenters. The number of rotatable bonds is 3. The molecule has 0 spiro atoms. The maximum absolute atomic E-state index is 13.1. The summed E-state index contributed by atoms with van der Waals surface area (Å²) in [6.45, 7) is 3.91. The Morgan fingerprint density at radius 3 is 2.48 bits per heavy atom. The Balaban J connectivity index is 1.18. The van der Waals surface area contributed by atoms with Crippen molar-refractivity contribution in [3.8, 4) is 0 Å². The zero-order valence-corrected chi connectivity index (χ0v) is 17.2. The van der Waals surface area contributed by atoms with E-state index in [1.165, 1.54) is 22.5 Å². The Morgan fingerprint density at radius 2 is 1.72 bits per heavy atom. The van der Waals surface area contributed by atoms with Crippen LogP contribution >= 0.6 is 11.3 Å². The number of nitrogens with zero attached hydrogens (tertiary/aromatic N) is 5. The predicted molar refractivity (Wildman–Crippen MR) is 112 cm³/mol. The molecule has 0 saturated carbocycles. The minimum Gasteiger partial charge on any atom is -0.347 e. The zero-order chi connectivity index (χ0) is 19.8. The first-order valence-corrected chi connectivity index (χ1v) is 11.2. The smallest absolute Gasteiger partial charge is 0.228 e. The van der Waals surface area contributed by atoms with Gasteiger partial charge >= 0.3 is 0 Å². The molecule has 5 rings (SSSR count). The van der Waals surface area contributed by atoms with Crippen LogP contribution in [0.3, 0.4) is 0 Å². The van der Waals surface area contributed by atoms with Crippen molar-refractivity contribution in [1.29, 1.82) is 0 Å². The number of hydrogen-bond donors (Lipinski definition) is 0. The topological polar surface area (TPSA) is 69.6 Å². The third-order valence-electron chi connectivity index (χ3n) is 6.27.